The zero-order valence-corrected chi connectivity index (χ0v) is 17.1. The van der Waals surface area contributed by atoms with Gasteiger partial charge in [0.25, 0.3) is 0 Å². The van der Waals surface area contributed by atoms with E-state index in [0.717, 1.165) is 44.3 Å². The number of hydrogen-bond acceptors (Lipinski definition) is 3. The largest absolute Gasteiger partial charge is 0.494 e. The number of nitrogens with one attached hydrogen (secondary N) is 2. The second kappa shape index (κ2) is 7.41. The molecule has 0 spiro atoms. The molecule has 4 bridgehead atoms. The number of amides is 2. The SMILES string of the molecule is CC(=O)NC12C[C@H]3C[C@@H](C1)CC(C(=O)NCCCOc1cccc(C)c1)(C3)C2. The Labute approximate surface area is 167 Å². The van der Waals surface area contributed by atoms with Crippen molar-refractivity contribution >= 4 is 11.8 Å². The summed E-state index contributed by atoms with van der Waals surface area (Å²) in [7, 11) is 0. The number of aryl methyl sites for hydroxylation is 1. The second-order valence-corrected chi connectivity index (χ2v) is 9.48. The molecule has 0 radical (unpaired) electrons. The van der Waals surface area contributed by atoms with Crippen molar-refractivity contribution in [1.82, 2.24) is 10.6 Å². The molecule has 0 heterocycles. The van der Waals surface area contributed by atoms with Crippen LogP contribution in [0.1, 0.15) is 57.4 Å². The number of carbonyl (C=O) groups excluding carboxylic acids is 2. The zero-order chi connectivity index (χ0) is 19.8. The smallest absolute Gasteiger partial charge is 0.226 e. The Morgan fingerprint density at radius 3 is 2.61 bits per heavy atom. The average molecular weight is 385 g/mol. The minimum absolute atomic E-state index is 0.0332. The van der Waals surface area contributed by atoms with Gasteiger partial charge in [0.15, 0.2) is 0 Å². The fourth-order valence-electron chi connectivity index (χ4n) is 6.40. The normalized spacial score (nSPS) is 32.8. The molecule has 2 unspecified atom stereocenters. The van der Waals surface area contributed by atoms with Crippen molar-refractivity contribution in [2.24, 2.45) is 17.3 Å². The van der Waals surface area contributed by atoms with E-state index in [1.54, 1.807) is 6.92 Å². The van der Waals surface area contributed by atoms with Crippen LogP contribution in [0.25, 0.3) is 0 Å². The predicted molar refractivity (Wildman–Crippen MR) is 108 cm³/mol. The maximum absolute atomic E-state index is 13.1. The number of ether oxygens (including phenoxy) is 1. The van der Waals surface area contributed by atoms with Gasteiger partial charge in [-0.15, -0.1) is 0 Å². The van der Waals surface area contributed by atoms with Crippen LogP contribution in [0.4, 0.5) is 0 Å². The molecule has 4 saturated carbocycles. The lowest BCUT2D eigenvalue weighted by atomic mass is 9.46. The topological polar surface area (TPSA) is 67.4 Å². The highest BCUT2D eigenvalue weighted by atomic mass is 16.5. The van der Waals surface area contributed by atoms with Gasteiger partial charge in [-0.05, 0) is 81.4 Å². The van der Waals surface area contributed by atoms with Crippen molar-refractivity contribution in [3.63, 3.8) is 0 Å². The molecule has 152 valence electrons. The van der Waals surface area contributed by atoms with Gasteiger partial charge < -0.3 is 15.4 Å². The fraction of sp³-hybridized carbons (Fsp3) is 0.652. The molecule has 2 amide bonds. The summed E-state index contributed by atoms with van der Waals surface area (Å²) in [6.07, 6.45) is 6.87. The molecule has 4 fully saturated rings. The van der Waals surface area contributed by atoms with Gasteiger partial charge in [-0.3, -0.25) is 9.59 Å². The first-order valence-electron chi connectivity index (χ1n) is 10.6. The Kier molecular flexibility index (Phi) is 5.11. The molecule has 4 atom stereocenters. The quantitative estimate of drug-likeness (QED) is 0.709. The van der Waals surface area contributed by atoms with E-state index in [1.165, 1.54) is 12.0 Å². The van der Waals surface area contributed by atoms with Crippen LogP contribution in [0.5, 0.6) is 5.75 Å². The lowest BCUT2D eigenvalue weighted by Crippen LogP contribution is -2.65. The van der Waals surface area contributed by atoms with Crippen molar-refractivity contribution in [3.8, 4) is 5.75 Å². The number of carbonyl (C=O) groups is 2. The van der Waals surface area contributed by atoms with Gasteiger partial charge >= 0.3 is 0 Å². The summed E-state index contributed by atoms with van der Waals surface area (Å²) in [5.74, 6) is 2.24. The van der Waals surface area contributed by atoms with Crippen LogP contribution in [0.15, 0.2) is 24.3 Å². The highest BCUT2D eigenvalue weighted by Gasteiger charge is 2.60. The monoisotopic (exact) mass is 384 g/mol. The second-order valence-electron chi connectivity index (χ2n) is 9.48. The maximum atomic E-state index is 13.1. The zero-order valence-electron chi connectivity index (χ0n) is 17.1. The first-order chi connectivity index (χ1) is 13.4. The number of benzene rings is 1. The van der Waals surface area contributed by atoms with Gasteiger partial charge in [0.05, 0.1) is 12.0 Å². The molecular formula is C23H32N2O3. The third kappa shape index (κ3) is 3.89. The molecule has 4 aliphatic rings. The van der Waals surface area contributed by atoms with Crippen LogP contribution in [0.3, 0.4) is 0 Å². The molecule has 0 saturated heterocycles. The number of hydrogen-bond donors (Lipinski definition) is 2. The maximum Gasteiger partial charge on any atom is 0.226 e. The summed E-state index contributed by atoms with van der Waals surface area (Å²) in [5.41, 5.74) is 0.742. The molecule has 4 aliphatic carbocycles. The van der Waals surface area contributed by atoms with Crippen molar-refractivity contribution in [2.75, 3.05) is 13.2 Å². The molecule has 0 aromatic heterocycles. The lowest BCUT2D eigenvalue weighted by Gasteiger charge is -2.61. The first kappa shape index (κ1) is 19.3. The molecule has 1 aromatic rings. The first-order valence-corrected chi connectivity index (χ1v) is 10.6. The van der Waals surface area contributed by atoms with E-state index in [0.29, 0.717) is 25.0 Å². The lowest BCUT2D eigenvalue weighted by molar-refractivity contribution is -0.153. The van der Waals surface area contributed by atoms with Crippen LogP contribution in [0.2, 0.25) is 0 Å². The van der Waals surface area contributed by atoms with Gasteiger partial charge in [0, 0.05) is 19.0 Å². The molecule has 28 heavy (non-hydrogen) atoms. The highest BCUT2D eigenvalue weighted by Crippen LogP contribution is 2.61. The number of rotatable bonds is 7. The van der Waals surface area contributed by atoms with Gasteiger partial charge in [-0.1, -0.05) is 12.1 Å². The summed E-state index contributed by atoms with van der Waals surface area (Å²) in [5, 5.41) is 6.40. The summed E-state index contributed by atoms with van der Waals surface area (Å²) >= 11 is 0. The highest BCUT2D eigenvalue weighted by molar-refractivity contribution is 5.84. The van der Waals surface area contributed by atoms with E-state index >= 15 is 0 Å². The van der Waals surface area contributed by atoms with Crippen LogP contribution in [-0.4, -0.2) is 30.5 Å². The van der Waals surface area contributed by atoms with Crippen molar-refractivity contribution in [3.05, 3.63) is 29.8 Å². The summed E-state index contributed by atoms with van der Waals surface area (Å²) < 4.78 is 5.78. The van der Waals surface area contributed by atoms with E-state index in [1.807, 2.05) is 31.2 Å². The minimum atomic E-state index is -0.288. The molecule has 1 aromatic carbocycles. The summed E-state index contributed by atoms with van der Waals surface area (Å²) in [6, 6.07) is 8.02. The molecule has 5 rings (SSSR count). The summed E-state index contributed by atoms with van der Waals surface area (Å²) in [4.78, 5) is 24.9. The van der Waals surface area contributed by atoms with Gasteiger partial charge in [-0.25, -0.2) is 0 Å². The van der Waals surface area contributed by atoms with Crippen molar-refractivity contribution in [2.45, 2.75) is 64.3 Å². The Morgan fingerprint density at radius 1 is 1.18 bits per heavy atom. The standard InChI is InChI=1S/C23H32N2O3/c1-16-5-3-6-20(9-16)28-8-4-7-24-21(27)22-11-18-10-19(12-22)14-23(13-18,15-22)25-17(2)26/h3,5-6,9,18-19H,4,7-8,10-15H2,1-2H3,(H,24,27)(H,25,26)/t18-,19+,22?,23?. The molecule has 0 aliphatic heterocycles. The minimum Gasteiger partial charge on any atom is -0.494 e. The van der Waals surface area contributed by atoms with Gasteiger partial charge in [0.1, 0.15) is 5.75 Å². The fourth-order valence-corrected chi connectivity index (χ4v) is 6.40. The van der Waals surface area contributed by atoms with E-state index < -0.39 is 0 Å². The Bertz CT molecular complexity index is 746. The van der Waals surface area contributed by atoms with Crippen molar-refractivity contribution < 1.29 is 14.3 Å². The molecule has 5 heteroatoms. The Hall–Kier alpha value is -2.04. The molecule has 2 N–H and O–H groups in total. The summed E-state index contributed by atoms with van der Waals surface area (Å²) in [6.45, 7) is 4.87. The van der Waals surface area contributed by atoms with Crippen LogP contribution in [-0.2, 0) is 9.59 Å². The molecular weight excluding hydrogens is 352 g/mol. The van der Waals surface area contributed by atoms with Crippen LogP contribution < -0.4 is 15.4 Å². The van der Waals surface area contributed by atoms with Crippen molar-refractivity contribution in [1.29, 1.82) is 0 Å². The van der Waals surface area contributed by atoms with Crippen LogP contribution in [0, 0.1) is 24.2 Å². The van der Waals surface area contributed by atoms with E-state index in [-0.39, 0.29) is 22.8 Å². The third-order valence-corrected chi connectivity index (χ3v) is 6.85. The predicted octanol–water partition coefficient (Wildman–Crippen LogP) is 3.36. The average Bonchev–Trinajstić information content (AvgIpc) is 2.59. The van der Waals surface area contributed by atoms with E-state index in [4.69, 9.17) is 4.74 Å². The Balaban J connectivity index is 1.30. The van der Waals surface area contributed by atoms with Crippen LogP contribution >= 0.6 is 0 Å². The van der Waals surface area contributed by atoms with Gasteiger partial charge in [-0.2, -0.15) is 0 Å². The van der Waals surface area contributed by atoms with E-state index in [9.17, 15) is 9.59 Å². The van der Waals surface area contributed by atoms with Gasteiger partial charge in [0.2, 0.25) is 11.8 Å². The van der Waals surface area contributed by atoms with E-state index in [2.05, 4.69) is 10.6 Å². The molecule has 5 nitrogen and oxygen atoms in total. The Morgan fingerprint density at radius 2 is 1.93 bits per heavy atom. The third-order valence-electron chi connectivity index (χ3n) is 6.85.